The molecule has 1 fully saturated rings. The average Bonchev–Trinajstić information content (AvgIpc) is 3.27. The van der Waals surface area contributed by atoms with E-state index in [4.69, 9.17) is 0 Å². The van der Waals surface area contributed by atoms with Crippen molar-refractivity contribution in [1.82, 2.24) is 10.6 Å². The topological polar surface area (TPSA) is 104 Å². The van der Waals surface area contributed by atoms with E-state index in [2.05, 4.69) is 15.4 Å². The molecular weight excluding hydrogens is 402 g/mol. The summed E-state index contributed by atoms with van der Waals surface area (Å²) in [6, 6.07) is 12.9. The number of benzene rings is 2. The fourth-order valence-electron chi connectivity index (χ4n) is 3.44. The number of carbonyl (C=O) groups is 2. The minimum absolute atomic E-state index is 0.00487. The molecule has 2 amide bonds. The van der Waals surface area contributed by atoms with E-state index < -0.39 is 15.9 Å². The second-order valence-corrected chi connectivity index (χ2v) is 9.21. The third-order valence-electron chi connectivity index (χ3n) is 5.15. The van der Waals surface area contributed by atoms with Gasteiger partial charge in [-0.1, -0.05) is 36.6 Å². The standard InChI is InChI=1S/C22H27N3O4S/c1-16-9-11-19(12-10-16)25-30(28,29)20-8-4-7-18(15-20)22(27)24-14-13-23-21(26)17-5-2-3-6-17/h4,7-12,15,17,25H,2-3,5-6,13-14H2,1H3,(H,23,26)(H,24,27). The highest BCUT2D eigenvalue weighted by molar-refractivity contribution is 7.92. The molecule has 7 nitrogen and oxygen atoms in total. The molecule has 1 saturated carbocycles. The lowest BCUT2D eigenvalue weighted by atomic mass is 10.1. The average molecular weight is 430 g/mol. The Morgan fingerprint density at radius 1 is 0.967 bits per heavy atom. The highest BCUT2D eigenvalue weighted by Crippen LogP contribution is 2.24. The fraction of sp³-hybridized carbons (Fsp3) is 0.364. The van der Waals surface area contributed by atoms with Crippen LogP contribution in [-0.4, -0.2) is 33.3 Å². The molecule has 0 atom stereocenters. The Morgan fingerprint density at radius 3 is 2.33 bits per heavy atom. The molecule has 160 valence electrons. The van der Waals surface area contributed by atoms with Crippen LogP contribution in [0.15, 0.2) is 53.4 Å². The number of aryl methyl sites for hydroxylation is 1. The van der Waals surface area contributed by atoms with Gasteiger partial charge in [0.25, 0.3) is 15.9 Å². The summed E-state index contributed by atoms with van der Waals surface area (Å²) in [7, 11) is -3.82. The summed E-state index contributed by atoms with van der Waals surface area (Å²) >= 11 is 0. The quantitative estimate of drug-likeness (QED) is 0.561. The first-order valence-corrected chi connectivity index (χ1v) is 11.6. The van der Waals surface area contributed by atoms with Crippen LogP contribution in [0.25, 0.3) is 0 Å². The van der Waals surface area contributed by atoms with Crippen LogP contribution in [-0.2, 0) is 14.8 Å². The van der Waals surface area contributed by atoms with Gasteiger partial charge in [-0.25, -0.2) is 8.42 Å². The molecule has 0 aromatic heterocycles. The van der Waals surface area contributed by atoms with E-state index in [0.29, 0.717) is 12.2 Å². The van der Waals surface area contributed by atoms with Crippen molar-refractivity contribution in [3.8, 4) is 0 Å². The normalized spacial score (nSPS) is 14.3. The number of rotatable bonds is 8. The van der Waals surface area contributed by atoms with Crippen molar-refractivity contribution in [2.75, 3.05) is 17.8 Å². The molecule has 0 unspecified atom stereocenters. The Hall–Kier alpha value is -2.87. The first kappa shape index (κ1) is 21.8. The van der Waals surface area contributed by atoms with Crippen LogP contribution in [0, 0.1) is 12.8 Å². The van der Waals surface area contributed by atoms with E-state index in [9.17, 15) is 18.0 Å². The largest absolute Gasteiger partial charge is 0.354 e. The third-order valence-corrected chi connectivity index (χ3v) is 6.53. The van der Waals surface area contributed by atoms with Crippen LogP contribution < -0.4 is 15.4 Å². The van der Waals surface area contributed by atoms with Gasteiger partial charge < -0.3 is 10.6 Å². The van der Waals surface area contributed by atoms with Crippen LogP contribution in [0.2, 0.25) is 0 Å². The molecule has 8 heteroatoms. The van der Waals surface area contributed by atoms with Crippen molar-refractivity contribution in [2.24, 2.45) is 5.92 Å². The van der Waals surface area contributed by atoms with Crippen molar-refractivity contribution in [2.45, 2.75) is 37.5 Å². The lowest BCUT2D eigenvalue weighted by Crippen LogP contribution is -2.37. The van der Waals surface area contributed by atoms with E-state index in [1.54, 1.807) is 18.2 Å². The maximum atomic E-state index is 12.6. The maximum Gasteiger partial charge on any atom is 0.261 e. The zero-order chi connectivity index (χ0) is 21.6. The van der Waals surface area contributed by atoms with Crippen LogP contribution in [0.1, 0.15) is 41.6 Å². The molecule has 2 aromatic rings. The summed E-state index contributed by atoms with van der Waals surface area (Å²) in [5.41, 5.74) is 1.72. The monoisotopic (exact) mass is 429 g/mol. The number of anilines is 1. The van der Waals surface area contributed by atoms with Crippen LogP contribution >= 0.6 is 0 Å². The van der Waals surface area contributed by atoms with Crippen molar-refractivity contribution in [3.05, 3.63) is 59.7 Å². The summed E-state index contributed by atoms with van der Waals surface area (Å²) in [6.45, 7) is 2.53. The van der Waals surface area contributed by atoms with Gasteiger partial charge in [0.1, 0.15) is 0 Å². The summed E-state index contributed by atoms with van der Waals surface area (Å²) in [5, 5.41) is 5.55. The molecule has 0 heterocycles. The van der Waals surface area contributed by atoms with Crippen molar-refractivity contribution in [1.29, 1.82) is 0 Å². The molecule has 30 heavy (non-hydrogen) atoms. The van der Waals surface area contributed by atoms with Crippen molar-refractivity contribution < 1.29 is 18.0 Å². The molecular formula is C22H27N3O4S. The fourth-order valence-corrected chi connectivity index (χ4v) is 4.54. The van der Waals surface area contributed by atoms with Gasteiger partial charge in [-0.2, -0.15) is 0 Å². The van der Waals surface area contributed by atoms with E-state index in [0.717, 1.165) is 31.2 Å². The lowest BCUT2D eigenvalue weighted by Gasteiger charge is -2.12. The molecule has 0 aliphatic heterocycles. The van der Waals surface area contributed by atoms with Crippen molar-refractivity contribution >= 4 is 27.5 Å². The molecule has 1 aliphatic rings. The number of amides is 2. The molecule has 1 aliphatic carbocycles. The van der Waals surface area contributed by atoms with Gasteiger partial charge in [0, 0.05) is 30.3 Å². The third kappa shape index (κ3) is 5.82. The Bertz CT molecular complexity index is 997. The van der Waals surface area contributed by atoms with Gasteiger partial charge in [-0.05, 0) is 50.1 Å². The molecule has 0 radical (unpaired) electrons. The molecule has 3 rings (SSSR count). The van der Waals surface area contributed by atoms with E-state index >= 15 is 0 Å². The highest BCUT2D eigenvalue weighted by Gasteiger charge is 2.22. The zero-order valence-corrected chi connectivity index (χ0v) is 17.8. The summed E-state index contributed by atoms with van der Waals surface area (Å²) < 4.78 is 27.8. The highest BCUT2D eigenvalue weighted by atomic mass is 32.2. The van der Waals surface area contributed by atoms with Gasteiger partial charge in [-0.15, -0.1) is 0 Å². The Balaban J connectivity index is 1.55. The summed E-state index contributed by atoms with van der Waals surface area (Å²) in [6.07, 6.45) is 4.03. The minimum Gasteiger partial charge on any atom is -0.354 e. The predicted octanol–water partition coefficient (Wildman–Crippen LogP) is 2.83. The van der Waals surface area contributed by atoms with Gasteiger partial charge in [0.05, 0.1) is 4.90 Å². The molecule has 0 spiro atoms. The number of hydrogen-bond acceptors (Lipinski definition) is 4. The van der Waals surface area contributed by atoms with Gasteiger partial charge in [0.2, 0.25) is 5.91 Å². The van der Waals surface area contributed by atoms with Crippen LogP contribution in [0.4, 0.5) is 5.69 Å². The summed E-state index contributed by atoms with van der Waals surface area (Å²) in [4.78, 5) is 24.4. The Morgan fingerprint density at radius 2 is 1.63 bits per heavy atom. The van der Waals surface area contributed by atoms with E-state index in [-0.39, 0.29) is 28.8 Å². The second-order valence-electron chi connectivity index (χ2n) is 7.53. The second kappa shape index (κ2) is 9.75. The minimum atomic E-state index is -3.82. The first-order valence-electron chi connectivity index (χ1n) is 10.1. The zero-order valence-electron chi connectivity index (χ0n) is 17.0. The SMILES string of the molecule is Cc1ccc(NS(=O)(=O)c2cccc(C(=O)NCCNC(=O)C3CCCC3)c2)cc1. The smallest absolute Gasteiger partial charge is 0.261 e. The number of nitrogens with one attached hydrogen (secondary N) is 3. The number of carbonyl (C=O) groups excluding carboxylic acids is 2. The lowest BCUT2D eigenvalue weighted by molar-refractivity contribution is -0.124. The van der Waals surface area contributed by atoms with Gasteiger partial charge in [-0.3, -0.25) is 14.3 Å². The van der Waals surface area contributed by atoms with E-state index in [1.165, 1.54) is 18.2 Å². The number of sulfonamides is 1. The first-order chi connectivity index (χ1) is 14.3. The van der Waals surface area contributed by atoms with Gasteiger partial charge >= 0.3 is 0 Å². The Kier molecular flexibility index (Phi) is 7.10. The van der Waals surface area contributed by atoms with E-state index in [1.807, 2.05) is 19.1 Å². The van der Waals surface area contributed by atoms with Gasteiger partial charge in [0.15, 0.2) is 0 Å². The van der Waals surface area contributed by atoms with Crippen molar-refractivity contribution in [3.63, 3.8) is 0 Å². The maximum absolute atomic E-state index is 12.6. The Labute approximate surface area is 177 Å². The summed E-state index contributed by atoms with van der Waals surface area (Å²) in [5.74, 6) is -0.266. The molecule has 3 N–H and O–H groups in total. The molecule has 0 saturated heterocycles. The number of hydrogen-bond donors (Lipinski definition) is 3. The van der Waals surface area contributed by atoms with Crippen LogP contribution in [0.3, 0.4) is 0 Å². The predicted molar refractivity (Wildman–Crippen MR) is 116 cm³/mol. The van der Waals surface area contributed by atoms with Crippen LogP contribution in [0.5, 0.6) is 0 Å². The molecule has 0 bridgehead atoms. The molecule has 2 aromatic carbocycles.